The molecule has 0 aliphatic heterocycles. The van der Waals surface area contributed by atoms with E-state index >= 15 is 0 Å². The van der Waals surface area contributed by atoms with Crippen molar-refractivity contribution in [3.8, 4) is 0 Å². The van der Waals surface area contributed by atoms with Crippen LogP contribution in [0.4, 0.5) is 0 Å². The summed E-state index contributed by atoms with van der Waals surface area (Å²) in [5.74, 6) is 1.72. The van der Waals surface area contributed by atoms with Crippen LogP contribution in [0.1, 0.15) is 0 Å². The van der Waals surface area contributed by atoms with Crippen LogP contribution in [0.2, 0.25) is 9.95 Å². The molecular formula is C4H9Cl2Ga. The van der Waals surface area contributed by atoms with Crippen LogP contribution in [-0.2, 0) is 0 Å². The standard InChI is InChI=1S/2C2H4Cl.Ga.H/c2*1-2-3;;/h2*1-2H2;;. The van der Waals surface area contributed by atoms with Gasteiger partial charge in [-0.15, -0.1) is 0 Å². The van der Waals surface area contributed by atoms with E-state index in [9.17, 15) is 0 Å². The van der Waals surface area contributed by atoms with Gasteiger partial charge in [0.15, 0.2) is 0 Å². The molecule has 0 aliphatic carbocycles. The van der Waals surface area contributed by atoms with Crippen molar-refractivity contribution >= 4 is 40.6 Å². The molecule has 0 amide bonds. The predicted octanol–water partition coefficient (Wildman–Crippen LogP) is 1.74. The summed E-state index contributed by atoms with van der Waals surface area (Å²) in [7, 11) is 0. The third kappa shape index (κ3) is 7.22. The van der Waals surface area contributed by atoms with Crippen LogP contribution in [0, 0.1) is 0 Å². The zero-order chi connectivity index (χ0) is 5.54. The van der Waals surface area contributed by atoms with Crippen molar-refractivity contribution in [1.29, 1.82) is 0 Å². The van der Waals surface area contributed by atoms with Crippen LogP contribution in [0.15, 0.2) is 0 Å². The van der Waals surface area contributed by atoms with Crippen LogP contribution in [0.5, 0.6) is 0 Å². The first-order chi connectivity index (χ1) is 3.41. The average Bonchev–Trinajstić information content (AvgIpc) is 1.69. The molecule has 0 bridgehead atoms. The molecule has 7 heavy (non-hydrogen) atoms. The number of hydrogen-bond donors (Lipinski definition) is 0. The fraction of sp³-hybridized carbons (Fsp3) is 1.00. The number of alkyl halides is 2. The average molecular weight is 198 g/mol. The molecular weight excluding hydrogens is 189 g/mol. The van der Waals surface area contributed by atoms with Gasteiger partial charge in [-0.1, -0.05) is 0 Å². The molecule has 0 nitrogen and oxygen atoms in total. The first-order valence-electron chi connectivity index (χ1n) is 2.53. The van der Waals surface area contributed by atoms with Gasteiger partial charge in [-0.25, -0.2) is 0 Å². The maximum atomic E-state index is 5.44. The molecule has 0 unspecified atom stereocenters. The minimum absolute atomic E-state index is 0.212. The molecule has 0 aliphatic rings. The first kappa shape index (κ1) is 8.22. The maximum absolute atomic E-state index is 5.44. The Morgan fingerprint density at radius 2 is 1.43 bits per heavy atom. The van der Waals surface area contributed by atoms with Crippen LogP contribution >= 0.6 is 23.2 Å². The van der Waals surface area contributed by atoms with Crippen molar-refractivity contribution in [2.75, 3.05) is 11.8 Å². The van der Waals surface area contributed by atoms with Crippen molar-refractivity contribution in [3.05, 3.63) is 0 Å². The fourth-order valence-corrected chi connectivity index (χ4v) is 3.86. The Balaban J connectivity index is 2.45. The monoisotopic (exact) mass is 196 g/mol. The Bertz CT molecular complexity index is 28.9. The van der Waals surface area contributed by atoms with E-state index in [1.807, 2.05) is 0 Å². The summed E-state index contributed by atoms with van der Waals surface area (Å²) < 4.78 is 0. The van der Waals surface area contributed by atoms with Gasteiger partial charge in [-0.05, 0) is 0 Å². The van der Waals surface area contributed by atoms with Gasteiger partial charge in [0, 0.05) is 0 Å². The summed E-state index contributed by atoms with van der Waals surface area (Å²) >= 11 is 10.7. The quantitative estimate of drug-likeness (QED) is 0.366. The second kappa shape index (κ2) is 7.22. The SMILES string of the molecule is ClC[CH2][GaH][CH2]CCl. The van der Waals surface area contributed by atoms with Crippen LogP contribution in [-0.4, -0.2) is 29.2 Å². The molecule has 3 heteroatoms. The molecule has 0 aromatic heterocycles. The van der Waals surface area contributed by atoms with Gasteiger partial charge in [0.25, 0.3) is 0 Å². The van der Waals surface area contributed by atoms with Gasteiger partial charge < -0.3 is 0 Å². The summed E-state index contributed by atoms with van der Waals surface area (Å²) in [5.41, 5.74) is 0. The molecule has 0 atom stereocenters. The van der Waals surface area contributed by atoms with Gasteiger partial charge in [0.2, 0.25) is 0 Å². The number of halogens is 2. The Morgan fingerprint density at radius 1 is 1.00 bits per heavy atom. The van der Waals surface area contributed by atoms with E-state index in [-0.39, 0.29) is 17.4 Å². The second-order valence-electron chi connectivity index (χ2n) is 1.44. The Hall–Kier alpha value is 1.22. The fourth-order valence-electron chi connectivity index (χ4n) is 0.366. The molecule has 0 aromatic carbocycles. The normalized spacial score (nSPS) is 8.86. The Kier molecular flexibility index (Phi) is 8.47. The third-order valence-corrected chi connectivity index (χ3v) is 6.76. The van der Waals surface area contributed by atoms with E-state index in [1.54, 1.807) is 0 Å². The van der Waals surface area contributed by atoms with Crippen molar-refractivity contribution in [2.45, 2.75) is 9.95 Å². The Morgan fingerprint density at radius 3 is 1.71 bits per heavy atom. The van der Waals surface area contributed by atoms with E-state index in [0.29, 0.717) is 0 Å². The van der Waals surface area contributed by atoms with E-state index in [0.717, 1.165) is 11.8 Å². The van der Waals surface area contributed by atoms with E-state index in [1.165, 1.54) is 9.95 Å². The molecule has 0 aromatic rings. The van der Waals surface area contributed by atoms with Crippen molar-refractivity contribution in [3.63, 3.8) is 0 Å². The van der Waals surface area contributed by atoms with Crippen LogP contribution in [0.25, 0.3) is 0 Å². The summed E-state index contributed by atoms with van der Waals surface area (Å²) in [6.45, 7) is 0. The van der Waals surface area contributed by atoms with Crippen LogP contribution < -0.4 is 0 Å². The van der Waals surface area contributed by atoms with E-state index < -0.39 is 0 Å². The molecule has 0 radical (unpaired) electrons. The molecule has 0 saturated carbocycles. The molecule has 42 valence electrons. The molecule has 0 spiro atoms. The van der Waals surface area contributed by atoms with Crippen molar-refractivity contribution < 1.29 is 0 Å². The topological polar surface area (TPSA) is 0 Å². The number of hydrogen-bond acceptors (Lipinski definition) is 0. The zero-order valence-corrected chi connectivity index (χ0v) is 8.77. The minimum atomic E-state index is -0.212. The van der Waals surface area contributed by atoms with Gasteiger partial charge >= 0.3 is 62.3 Å². The predicted molar refractivity (Wildman–Crippen MR) is 38.2 cm³/mol. The van der Waals surface area contributed by atoms with Crippen LogP contribution in [0.3, 0.4) is 0 Å². The van der Waals surface area contributed by atoms with Gasteiger partial charge in [0.05, 0.1) is 0 Å². The molecule has 0 N–H and O–H groups in total. The van der Waals surface area contributed by atoms with Gasteiger partial charge in [0.1, 0.15) is 0 Å². The molecule has 0 saturated heterocycles. The third-order valence-electron chi connectivity index (χ3n) is 0.767. The first-order valence-corrected chi connectivity index (χ1v) is 7.80. The zero-order valence-electron chi connectivity index (χ0n) is 4.29. The van der Waals surface area contributed by atoms with E-state index in [4.69, 9.17) is 23.2 Å². The van der Waals surface area contributed by atoms with E-state index in [2.05, 4.69) is 0 Å². The van der Waals surface area contributed by atoms with Crippen molar-refractivity contribution in [2.24, 2.45) is 0 Å². The molecule has 0 rings (SSSR count). The summed E-state index contributed by atoms with van der Waals surface area (Å²) in [4.78, 5) is 2.59. The number of rotatable bonds is 4. The summed E-state index contributed by atoms with van der Waals surface area (Å²) in [5, 5.41) is 0. The van der Waals surface area contributed by atoms with Crippen molar-refractivity contribution in [1.82, 2.24) is 0 Å². The Labute approximate surface area is 62.3 Å². The second-order valence-corrected chi connectivity index (χ2v) is 6.65. The van der Waals surface area contributed by atoms with Gasteiger partial charge in [-0.2, -0.15) is 0 Å². The summed E-state index contributed by atoms with van der Waals surface area (Å²) in [6.07, 6.45) is 0. The molecule has 0 heterocycles. The van der Waals surface area contributed by atoms with Gasteiger partial charge in [-0.3, -0.25) is 0 Å². The summed E-state index contributed by atoms with van der Waals surface area (Å²) in [6, 6.07) is 0. The molecule has 0 fully saturated rings.